The normalized spacial score (nSPS) is 18.1. The first-order chi connectivity index (χ1) is 8.66. The average molecular weight is 252 g/mol. The van der Waals surface area contributed by atoms with Gasteiger partial charge in [0.05, 0.1) is 0 Å². The van der Waals surface area contributed by atoms with E-state index in [1.54, 1.807) is 6.07 Å². The zero-order valence-corrected chi connectivity index (χ0v) is 10.8. The van der Waals surface area contributed by atoms with Gasteiger partial charge in [0.25, 0.3) is 0 Å². The van der Waals surface area contributed by atoms with Crippen molar-refractivity contribution in [2.75, 3.05) is 26.2 Å². The van der Waals surface area contributed by atoms with Crippen molar-refractivity contribution < 1.29 is 9.50 Å². The zero-order chi connectivity index (χ0) is 13.0. The van der Waals surface area contributed by atoms with Crippen molar-refractivity contribution in [3.63, 3.8) is 0 Å². The van der Waals surface area contributed by atoms with Crippen molar-refractivity contribution in [2.24, 2.45) is 0 Å². The van der Waals surface area contributed by atoms with Gasteiger partial charge in [-0.1, -0.05) is 6.07 Å². The lowest BCUT2D eigenvalue weighted by Crippen LogP contribution is -2.31. The Morgan fingerprint density at radius 1 is 1.39 bits per heavy atom. The fourth-order valence-corrected chi connectivity index (χ4v) is 2.44. The Labute approximate surface area is 108 Å². The molecule has 18 heavy (non-hydrogen) atoms. The maximum Gasteiger partial charge on any atom is 0.126 e. The molecule has 100 valence electrons. The third kappa shape index (κ3) is 3.43. The summed E-state index contributed by atoms with van der Waals surface area (Å²) in [6.45, 7) is 6.29. The van der Waals surface area contributed by atoms with Crippen LogP contribution in [0, 0.1) is 5.82 Å². The molecule has 0 radical (unpaired) electrons. The van der Waals surface area contributed by atoms with Gasteiger partial charge in [-0.15, -0.1) is 0 Å². The Bertz CT molecular complexity index is 391. The highest BCUT2D eigenvalue weighted by Crippen LogP contribution is 2.24. The second-order valence-corrected chi connectivity index (χ2v) is 4.93. The first-order valence-electron chi connectivity index (χ1n) is 6.61. The highest BCUT2D eigenvalue weighted by Gasteiger charge is 2.13. The van der Waals surface area contributed by atoms with E-state index in [4.69, 9.17) is 0 Å². The van der Waals surface area contributed by atoms with E-state index < -0.39 is 5.82 Å². The van der Waals surface area contributed by atoms with Crippen LogP contribution in [-0.2, 0) is 0 Å². The van der Waals surface area contributed by atoms with Crippen LogP contribution in [0.5, 0.6) is 5.75 Å². The van der Waals surface area contributed by atoms with Gasteiger partial charge < -0.3 is 15.3 Å². The Balaban J connectivity index is 1.81. The van der Waals surface area contributed by atoms with Crippen molar-refractivity contribution in [1.82, 2.24) is 10.2 Å². The smallest absolute Gasteiger partial charge is 0.126 e. The maximum absolute atomic E-state index is 12.9. The molecular weight excluding hydrogens is 231 g/mol. The summed E-state index contributed by atoms with van der Waals surface area (Å²) in [4.78, 5) is 2.43. The van der Waals surface area contributed by atoms with Crippen LogP contribution in [-0.4, -0.2) is 36.2 Å². The molecule has 1 saturated heterocycles. The summed E-state index contributed by atoms with van der Waals surface area (Å²) < 4.78 is 12.9. The van der Waals surface area contributed by atoms with Gasteiger partial charge >= 0.3 is 0 Å². The molecule has 1 fully saturated rings. The number of benzene rings is 1. The number of phenolic OH excluding ortho intramolecular Hbond substituents is 1. The van der Waals surface area contributed by atoms with Crippen LogP contribution in [0.3, 0.4) is 0 Å². The number of likely N-dealkylation sites (tertiary alicyclic amines) is 1. The van der Waals surface area contributed by atoms with Gasteiger partial charge in [0.2, 0.25) is 0 Å². The van der Waals surface area contributed by atoms with Crippen molar-refractivity contribution in [3.8, 4) is 5.75 Å². The molecule has 4 heteroatoms. The van der Waals surface area contributed by atoms with Gasteiger partial charge in [0, 0.05) is 30.8 Å². The molecule has 2 N–H and O–H groups in total. The number of hydrogen-bond acceptors (Lipinski definition) is 3. The van der Waals surface area contributed by atoms with Crippen LogP contribution >= 0.6 is 0 Å². The number of rotatable bonds is 5. The van der Waals surface area contributed by atoms with Crippen LogP contribution in [0.15, 0.2) is 18.2 Å². The lowest BCUT2D eigenvalue weighted by atomic mass is 10.1. The molecule has 0 spiro atoms. The molecule has 1 aliphatic heterocycles. The predicted molar refractivity (Wildman–Crippen MR) is 70.2 cm³/mol. The Morgan fingerprint density at radius 2 is 2.11 bits per heavy atom. The third-order valence-electron chi connectivity index (χ3n) is 3.54. The Kier molecular flexibility index (Phi) is 4.55. The molecule has 1 atom stereocenters. The summed E-state index contributed by atoms with van der Waals surface area (Å²) in [6, 6.07) is 4.22. The van der Waals surface area contributed by atoms with E-state index in [0.717, 1.165) is 24.7 Å². The molecular formula is C14H21FN2O. The van der Waals surface area contributed by atoms with Crippen molar-refractivity contribution >= 4 is 0 Å². The fraction of sp³-hybridized carbons (Fsp3) is 0.571. The zero-order valence-electron chi connectivity index (χ0n) is 10.8. The monoisotopic (exact) mass is 252 g/mol. The van der Waals surface area contributed by atoms with Crippen LogP contribution in [0.4, 0.5) is 4.39 Å². The number of phenols is 1. The molecule has 1 aromatic rings. The number of hydrogen-bond donors (Lipinski definition) is 2. The highest BCUT2D eigenvalue weighted by atomic mass is 19.1. The summed E-state index contributed by atoms with van der Waals surface area (Å²) in [7, 11) is 0. The second-order valence-electron chi connectivity index (χ2n) is 4.93. The van der Waals surface area contributed by atoms with E-state index >= 15 is 0 Å². The highest BCUT2D eigenvalue weighted by molar-refractivity contribution is 5.34. The molecule has 1 heterocycles. The average Bonchev–Trinajstić information content (AvgIpc) is 2.81. The molecule has 1 unspecified atom stereocenters. The Morgan fingerprint density at radius 3 is 2.78 bits per heavy atom. The van der Waals surface area contributed by atoms with E-state index in [-0.39, 0.29) is 11.8 Å². The lowest BCUT2D eigenvalue weighted by molar-refractivity contribution is 0.328. The van der Waals surface area contributed by atoms with Crippen LogP contribution < -0.4 is 5.32 Å². The van der Waals surface area contributed by atoms with E-state index in [1.165, 1.54) is 32.0 Å². The van der Waals surface area contributed by atoms with Crippen LogP contribution in [0.1, 0.15) is 31.4 Å². The third-order valence-corrected chi connectivity index (χ3v) is 3.54. The first-order valence-corrected chi connectivity index (χ1v) is 6.61. The molecule has 0 saturated carbocycles. The van der Waals surface area contributed by atoms with Crippen LogP contribution in [0.25, 0.3) is 0 Å². The topological polar surface area (TPSA) is 35.5 Å². The van der Waals surface area contributed by atoms with Gasteiger partial charge in [-0.05, 0) is 38.9 Å². The molecule has 1 aromatic carbocycles. The summed E-state index contributed by atoms with van der Waals surface area (Å²) >= 11 is 0. The summed E-state index contributed by atoms with van der Waals surface area (Å²) in [6.07, 6.45) is 2.60. The second kappa shape index (κ2) is 6.16. The molecule has 0 aromatic heterocycles. The number of halogens is 1. The van der Waals surface area contributed by atoms with Gasteiger partial charge in [0.15, 0.2) is 0 Å². The molecule has 2 rings (SSSR count). The molecule has 0 bridgehead atoms. The van der Waals surface area contributed by atoms with Crippen molar-refractivity contribution in [3.05, 3.63) is 29.6 Å². The quantitative estimate of drug-likeness (QED) is 0.844. The Hall–Kier alpha value is -1.13. The lowest BCUT2D eigenvalue weighted by Gasteiger charge is -2.19. The fourth-order valence-electron chi connectivity index (χ4n) is 2.44. The number of nitrogens with zero attached hydrogens (tertiary/aromatic N) is 1. The largest absolute Gasteiger partial charge is 0.508 e. The van der Waals surface area contributed by atoms with Gasteiger partial charge in [-0.3, -0.25) is 0 Å². The first kappa shape index (κ1) is 13.3. The number of aromatic hydroxyl groups is 1. The standard InChI is InChI=1S/C14H21FN2O/c1-11(13-5-4-12(15)10-14(13)18)16-6-9-17-7-2-3-8-17/h4-5,10-11,16,18H,2-3,6-9H2,1H3. The molecule has 1 aliphatic rings. The minimum absolute atomic E-state index is 0.0242. The van der Waals surface area contributed by atoms with E-state index in [1.807, 2.05) is 6.92 Å². The van der Waals surface area contributed by atoms with E-state index in [9.17, 15) is 9.50 Å². The summed E-state index contributed by atoms with van der Waals surface area (Å²) in [5, 5.41) is 13.0. The van der Waals surface area contributed by atoms with Crippen molar-refractivity contribution in [1.29, 1.82) is 0 Å². The van der Waals surface area contributed by atoms with Gasteiger partial charge in [0.1, 0.15) is 11.6 Å². The molecule has 3 nitrogen and oxygen atoms in total. The number of nitrogens with one attached hydrogen (secondary N) is 1. The van der Waals surface area contributed by atoms with E-state index in [0.29, 0.717) is 0 Å². The maximum atomic E-state index is 12.9. The minimum atomic E-state index is -0.402. The van der Waals surface area contributed by atoms with E-state index in [2.05, 4.69) is 10.2 Å². The predicted octanol–water partition coefficient (Wildman–Crippen LogP) is 2.28. The summed E-state index contributed by atoms with van der Waals surface area (Å²) in [5.41, 5.74) is 0.748. The van der Waals surface area contributed by atoms with Crippen LogP contribution in [0.2, 0.25) is 0 Å². The minimum Gasteiger partial charge on any atom is -0.508 e. The summed E-state index contributed by atoms with van der Waals surface area (Å²) in [5.74, 6) is -0.378. The SMILES string of the molecule is CC(NCCN1CCCC1)c1ccc(F)cc1O. The molecule has 0 aliphatic carbocycles. The van der Waals surface area contributed by atoms with Gasteiger partial charge in [-0.25, -0.2) is 4.39 Å². The van der Waals surface area contributed by atoms with Crippen molar-refractivity contribution in [2.45, 2.75) is 25.8 Å². The van der Waals surface area contributed by atoms with Gasteiger partial charge in [-0.2, -0.15) is 0 Å². The molecule has 0 amide bonds.